The fourth-order valence-electron chi connectivity index (χ4n) is 1.75. The number of aldehydes is 1. The number of carbonyl (C=O) groups is 1. The number of nitrogens with two attached hydrogens (primary N) is 1. The number of morpholine rings is 1. The molecule has 0 aliphatic carbocycles. The van der Waals surface area contributed by atoms with Gasteiger partial charge in [-0.3, -0.25) is 4.90 Å². The van der Waals surface area contributed by atoms with Crippen LogP contribution in [0.3, 0.4) is 0 Å². The first-order valence-corrected chi connectivity index (χ1v) is 5.58. The van der Waals surface area contributed by atoms with Crippen LogP contribution in [0.4, 0.5) is 5.69 Å². The van der Waals surface area contributed by atoms with Crippen LogP contribution < -0.4 is 10.5 Å². The molecule has 1 saturated heterocycles. The first-order chi connectivity index (χ1) is 8.28. The van der Waals surface area contributed by atoms with Crippen LogP contribution in [-0.4, -0.2) is 43.7 Å². The van der Waals surface area contributed by atoms with Crippen molar-refractivity contribution in [3.05, 3.63) is 24.3 Å². The highest BCUT2D eigenvalue weighted by molar-refractivity contribution is 5.52. The van der Waals surface area contributed by atoms with Gasteiger partial charge in [-0.2, -0.15) is 0 Å². The Kier molecular flexibility index (Phi) is 3.95. The first-order valence-electron chi connectivity index (χ1n) is 5.58. The van der Waals surface area contributed by atoms with Gasteiger partial charge in [0.05, 0.1) is 19.7 Å². The van der Waals surface area contributed by atoms with E-state index in [-0.39, 0.29) is 6.29 Å². The van der Waals surface area contributed by atoms with Crippen LogP contribution in [0.15, 0.2) is 24.3 Å². The van der Waals surface area contributed by atoms with Crippen LogP contribution in [0.2, 0.25) is 0 Å². The Morgan fingerprint density at radius 2 is 2.47 bits per heavy atom. The van der Waals surface area contributed by atoms with Gasteiger partial charge in [0, 0.05) is 18.3 Å². The summed E-state index contributed by atoms with van der Waals surface area (Å²) in [7, 11) is 0. The molecule has 92 valence electrons. The fourth-order valence-corrected chi connectivity index (χ4v) is 1.75. The lowest BCUT2D eigenvalue weighted by molar-refractivity contribution is -0.134. The van der Waals surface area contributed by atoms with E-state index in [1.807, 2.05) is 17.0 Å². The molecule has 1 aliphatic rings. The number of nitrogens with zero attached hydrogens (tertiary/aromatic N) is 1. The lowest BCUT2D eigenvalue weighted by Crippen LogP contribution is -2.45. The molecule has 1 heterocycles. The first kappa shape index (κ1) is 11.9. The van der Waals surface area contributed by atoms with Gasteiger partial charge in [0.1, 0.15) is 12.0 Å². The van der Waals surface area contributed by atoms with Crippen molar-refractivity contribution in [2.24, 2.45) is 0 Å². The quantitative estimate of drug-likeness (QED) is 0.609. The molecular weight excluding hydrogens is 220 g/mol. The minimum Gasteiger partial charge on any atom is -0.463 e. The zero-order valence-corrected chi connectivity index (χ0v) is 9.54. The molecule has 5 heteroatoms. The molecule has 0 aromatic heterocycles. The Morgan fingerprint density at radius 3 is 3.24 bits per heavy atom. The maximum atomic E-state index is 10.4. The predicted molar refractivity (Wildman–Crippen MR) is 63.7 cm³/mol. The topological polar surface area (TPSA) is 64.8 Å². The third kappa shape index (κ3) is 3.44. The summed E-state index contributed by atoms with van der Waals surface area (Å²) in [4.78, 5) is 12.4. The fraction of sp³-hybridized carbons (Fsp3) is 0.417. The molecule has 0 saturated carbocycles. The van der Waals surface area contributed by atoms with Crippen molar-refractivity contribution in [2.45, 2.75) is 6.29 Å². The van der Waals surface area contributed by atoms with E-state index in [1.165, 1.54) is 0 Å². The number of nitrogen functional groups attached to an aromatic ring is 1. The molecular formula is C12H16N2O3. The third-order valence-corrected chi connectivity index (χ3v) is 2.58. The smallest absolute Gasteiger partial charge is 0.212 e. The molecule has 17 heavy (non-hydrogen) atoms. The number of benzene rings is 1. The molecule has 1 unspecified atom stereocenters. The second kappa shape index (κ2) is 5.65. The summed E-state index contributed by atoms with van der Waals surface area (Å²) in [5, 5.41) is 0. The van der Waals surface area contributed by atoms with E-state index in [4.69, 9.17) is 15.2 Å². The van der Waals surface area contributed by atoms with Gasteiger partial charge >= 0.3 is 0 Å². The zero-order valence-electron chi connectivity index (χ0n) is 9.54. The minimum atomic E-state index is -0.342. The minimum absolute atomic E-state index is 0.342. The van der Waals surface area contributed by atoms with Crippen LogP contribution in [0.5, 0.6) is 5.75 Å². The molecule has 0 radical (unpaired) electrons. The summed E-state index contributed by atoms with van der Waals surface area (Å²) in [6.45, 7) is 2.34. The standard InChI is InChI=1S/C12H16N2O3/c13-10-2-1-3-11(8-10)17-12-9-14(4-6-15)5-7-16-12/h1-3,6,8,12H,4-5,7,9,13H2. The molecule has 1 fully saturated rings. The number of hydrogen-bond acceptors (Lipinski definition) is 5. The number of carbonyl (C=O) groups excluding carboxylic acids is 1. The van der Waals surface area contributed by atoms with Gasteiger partial charge in [-0.15, -0.1) is 0 Å². The average molecular weight is 236 g/mol. The van der Waals surface area contributed by atoms with Crippen LogP contribution in [0, 0.1) is 0 Å². The van der Waals surface area contributed by atoms with Gasteiger partial charge in [0.25, 0.3) is 0 Å². The van der Waals surface area contributed by atoms with Crippen LogP contribution in [-0.2, 0) is 9.53 Å². The second-order valence-electron chi connectivity index (χ2n) is 3.92. The number of anilines is 1. The van der Waals surface area contributed by atoms with E-state index in [2.05, 4.69) is 0 Å². The summed E-state index contributed by atoms with van der Waals surface area (Å²) < 4.78 is 11.1. The second-order valence-corrected chi connectivity index (χ2v) is 3.92. The monoisotopic (exact) mass is 236 g/mol. The molecule has 2 rings (SSSR count). The molecule has 2 N–H and O–H groups in total. The van der Waals surface area contributed by atoms with E-state index in [9.17, 15) is 4.79 Å². The summed E-state index contributed by atoms with van der Waals surface area (Å²) in [5.41, 5.74) is 6.32. The van der Waals surface area contributed by atoms with Crippen molar-refractivity contribution in [1.29, 1.82) is 0 Å². The summed E-state index contributed by atoms with van der Waals surface area (Å²) in [6.07, 6.45) is 0.550. The van der Waals surface area contributed by atoms with E-state index >= 15 is 0 Å². The number of ether oxygens (including phenoxy) is 2. The van der Waals surface area contributed by atoms with E-state index in [0.29, 0.717) is 31.1 Å². The molecule has 0 spiro atoms. The van der Waals surface area contributed by atoms with E-state index in [0.717, 1.165) is 12.8 Å². The Balaban J connectivity index is 1.92. The van der Waals surface area contributed by atoms with Gasteiger partial charge in [0.2, 0.25) is 6.29 Å². The Labute approximate surface area is 100 Å². The molecule has 1 atom stereocenters. The van der Waals surface area contributed by atoms with Gasteiger partial charge in [-0.1, -0.05) is 6.07 Å². The van der Waals surface area contributed by atoms with Crippen molar-refractivity contribution in [3.63, 3.8) is 0 Å². The maximum absolute atomic E-state index is 10.4. The number of hydrogen-bond donors (Lipinski definition) is 1. The Morgan fingerprint density at radius 1 is 1.59 bits per heavy atom. The Bertz CT molecular complexity index is 384. The zero-order chi connectivity index (χ0) is 12.1. The highest BCUT2D eigenvalue weighted by Gasteiger charge is 2.21. The molecule has 1 aromatic carbocycles. The molecule has 0 amide bonds. The largest absolute Gasteiger partial charge is 0.463 e. The SMILES string of the molecule is Nc1cccc(OC2CN(CC=O)CCO2)c1. The van der Waals surface area contributed by atoms with E-state index in [1.54, 1.807) is 12.1 Å². The van der Waals surface area contributed by atoms with Crippen LogP contribution in [0.1, 0.15) is 0 Å². The highest BCUT2D eigenvalue weighted by atomic mass is 16.7. The van der Waals surface area contributed by atoms with E-state index < -0.39 is 0 Å². The molecule has 1 aliphatic heterocycles. The van der Waals surface area contributed by atoms with Gasteiger partial charge in [0.15, 0.2) is 0 Å². The molecule has 1 aromatic rings. The maximum Gasteiger partial charge on any atom is 0.212 e. The van der Waals surface area contributed by atoms with Gasteiger partial charge < -0.3 is 20.0 Å². The lowest BCUT2D eigenvalue weighted by Gasteiger charge is -2.31. The van der Waals surface area contributed by atoms with Crippen molar-refractivity contribution in [3.8, 4) is 5.75 Å². The van der Waals surface area contributed by atoms with Crippen molar-refractivity contribution in [2.75, 3.05) is 32.0 Å². The number of rotatable bonds is 4. The normalized spacial score (nSPS) is 21.1. The molecule has 5 nitrogen and oxygen atoms in total. The van der Waals surface area contributed by atoms with Crippen molar-refractivity contribution in [1.82, 2.24) is 4.90 Å². The van der Waals surface area contributed by atoms with Crippen molar-refractivity contribution < 1.29 is 14.3 Å². The summed E-state index contributed by atoms with van der Waals surface area (Å²) >= 11 is 0. The summed E-state index contributed by atoms with van der Waals surface area (Å²) in [5.74, 6) is 0.683. The Hall–Kier alpha value is -1.59. The van der Waals surface area contributed by atoms with Gasteiger partial charge in [-0.05, 0) is 12.1 Å². The predicted octanol–water partition coefficient (Wildman–Crippen LogP) is 0.505. The highest BCUT2D eigenvalue weighted by Crippen LogP contribution is 2.17. The third-order valence-electron chi connectivity index (χ3n) is 2.58. The van der Waals surface area contributed by atoms with Crippen molar-refractivity contribution >= 4 is 12.0 Å². The lowest BCUT2D eigenvalue weighted by atomic mass is 10.3. The van der Waals surface area contributed by atoms with Crippen LogP contribution >= 0.6 is 0 Å². The molecule has 0 bridgehead atoms. The average Bonchev–Trinajstić information content (AvgIpc) is 2.30. The van der Waals surface area contributed by atoms with Gasteiger partial charge in [-0.25, -0.2) is 0 Å². The van der Waals surface area contributed by atoms with Crippen LogP contribution in [0.25, 0.3) is 0 Å². The summed E-state index contributed by atoms with van der Waals surface area (Å²) in [6, 6.07) is 7.21.